The Hall–Kier alpha value is -3.27. The van der Waals surface area contributed by atoms with E-state index in [0.29, 0.717) is 42.5 Å². The summed E-state index contributed by atoms with van der Waals surface area (Å²) in [5, 5.41) is 16.7. The Morgan fingerprint density at radius 3 is 2.83 bits per heavy atom. The minimum atomic E-state index is 0.356. The molecule has 124 valence electrons. The van der Waals surface area contributed by atoms with Gasteiger partial charge in [-0.25, -0.2) is 4.68 Å². The summed E-state index contributed by atoms with van der Waals surface area (Å²) in [7, 11) is 0. The molecule has 0 saturated heterocycles. The molecule has 0 aliphatic heterocycles. The lowest BCUT2D eigenvalue weighted by Crippen LogP contribution is -2.31. The number of rotatable bonds is 7. The maximum Gasteiger partial charge on any atom is 0.188 e. The molecule has 0 saturated carbocycles. The Kier molecular flexibility index (Phi) is 5.97. The van der Waals surface area contributed by atoms with Crippen molar-refractivity contribution in [2.75, 3.05) is 18.8 Å². The fraction of sp³-hybridized carbons (Fsp3) is 0.235. The Morgan fingerprint density at radius 2 is 2.17 bits per heavy atom. The molecule has 0 aliphatic rings. The van der Waals surface area contributed by atoms with E-state index in [1.165, 1.54) is 0 Å². The Bertz CT molecular complexity index is 753. The number of nitrogen functional groups attached to an aromatic ring is 1. The van der Waals surface area contributed by atoms with Gasteiger partial charge < -0.3 is 16.8 Å². The summed E-state index contributed by atoms with van der Waals surface area (Å²) in [5.41, 5.74) is 13.7. The van der Waals surface area contributed by atoms with Crippen molar-refractivity contribution >= 4 is 11.8 Å². The molecule has 0 amide bonds. The van der Waals surface area contributed by atoms with Crippen LogP contribution in [-0.2, 0) is 6.42 Å². The minimum Gasteiger partial charge on any atom is -0.382 e. The minimum absolute atomic E-state index is 0.356. The molecule has 0 unspecified atom stereocenters. The lowest BCUT2D eigenvalue weighted by atomic mass is 10.1. The van der Waals surface area contributed by atoms with E-state index < -0.39 is 0 Å². The number of guanidine groups is 1. The molecule has 0 aliphatic carbocycles. The van der Waals surface area contributed by atoms with Crippen molar-refractivity contribution in [2.45, 2.75) is 12.8 Å². The number of nitrogens with two attached hydrogens (primary N) is 2. The number of nitriles is 1. The predicted molar refractivity (Wildman–Crippen MR) is 95.7 cm³/mol. The first-order valence-electron chi connectivity index (χ1n) is 7.65. The smallest absolute Gasteiger partial charge is 0.188 e. The van der Waals surface area contributed by atoms with E-state index in [1.807, 2.05) is 30.3 Å². The van der Waals surface area contributed by atoms with Gasteiger partial charge in [0.15, 0.2) is 5.96 Å². The highest BCUT2D eigenvalue weighted by Crippen LogP contribution is 2.21. The normalized spacial score (nSPS) is 11.0. The largest absolute Gasteiger partial charge is 0.382 e. The molecule has 24 heavy (non-hydrogen) atoms. The zero-order chi connectivity index (χ0) is 17.4. The summed E-state index contributed by atoms with van der Waals surface area (Å²) in [6.45, 7) is 4.71. The number of aromatic nitrogens is 2. The monoisotopic (exact) mass is 323 g/mol. The number of nitrogens with zero attached hydrogens (tertiary/aromatic N) is 4. The highest BCUT2D eigenvalue weighted by atomic mass is 15.3. The summed E-state index contributed by atoms with van der Waals surface area (Å²) < 4.78 is 1.59. The highest BCUT2D eigenvalue weighted by Gasteiger charge is 2.15. The van der Waals surface area contributed by atoms with Gasteiger partial charge in [0, 0.05) is 13.1 Å². The molecule has 0 fully saturated rings. The van der Waals surface area contributed by atoms with Crippen LogP contribution in [0, 0.1) is 11.3 Å². The highest BCUT2D eigenvalue weighted by molar-refractivity contribution is 5.77. The van der Waals surface area contributed by atoms with Crippen LogP contribution in [0.5, 0.6) is 0 Å². The number of hydrogen-bond donors (Lipinski definition) is 3. The van der Waals surface area contributed by atoms with E-state index in [4.69, 9.17) is 11.5 Å². The Balaban J connectivity index is 2.06. The molecule has 0 radical (unpaired) electrons. The SMILES string of the molecule is C=CCNC(N)=NCCCc1nn(-c2ccccc2)c(N)c1C#N. The quantitative estimate of drug-likeness (QED) is 0.308. The number of nitrogens with one attached hydrogen (secondary N) is 1. The van der Waals surface area contributed by atoms with Gasteiger partial charge in [-0.2, -0.15) is 10.4 Å². The van der Waals surface area contributed by atoms with Crippen LogP contribution in [0.15, 0.2) is 48.0 Å². The van der Waals surface area contributed by atoms with E-state index in [9.17, 15) is 5.26 Å². The van der Waals surface area contributed by atoms with Crippen molar-refractivity contribution in [1.29, 1.82) is 5.26 Å². The molecular weight excluding hydrogens is 302 g/mol. The molecule has 1 aromatic carbocycles. The van der Waals surface area contributed by atoms with Crippen LogP contribution in [-0.4, -0.2) is 28.8 Å². The van der Waals surface area contributed by atoms with E-state index in [2.05, 4.69) is 28.1 Å². The molecular formula is C17H21N7. The first-order chi connectivity index (χ1) is 11.7. The topological polar surface area (TPSA) is 118 Å². The van der Waals surface area contributed by atoms with Gasteiger partial charge in [-0.1, -0.05) is 24.3 Å². The zero-order valence-corrected chi connectivity index (χ0v) is 13.4. The number of hydrogen-bond acceptors (Lipinski definition) is 4. The molecule has 2 rings (SSSR count). The summed E-state index contributed by atoms with van der Waals surface area (Å²) in [5.74, 6) is 0.735. The van der Waals surface area contributed by atoms with Crippen LogP contribution in [0.4, 0.5) is 5.82 Å². The van der Waals surface area contributed by atoms with Crippen molar-refractivity contribution in [2.24, 2.45) is 10.7 Å². The summed E-state index contributed by atoms with van der Waals surface area (Å²) in [6.07, 6.45) is 3.03. The molecule has 1 heterocycles. The fourth-order valence-electron chi connectivity index (χ4n) is 2.22. The van der Waals surface area contributed by atoms with Crippen molar-refractivity contribution in [1.82, 2.24) is 15.1 Å². The van der Waals surface area contributed by atoms with Gasteiger partial charge in [0.25, 0.3) is 0 Å². The van der Waals surface area contributed by atoms with Gasteiger partial charge in [-0.3, -0.25) is 4.99 Å². The maximum absolute atomic E-state index is 9.35. The number of benzene rings is 1. The average molecular weight is 323 g/mol. The van der Waals surface area contributed by atoms with E-state index in [-0.39, 0.29) is 0 Å². The van der Waals surface area contributed by atoms with E-state index in [1.54, 1.807) is 10.8 Å². The van der Waals surface area contributed by atoms with Gasteiger partial charge in [-0.15, -0.1) is 6.58 Å². The van der Waals surface area contributed by atoms with Gasteiger partial charge in [0.05, 0.1) is 11.4 Å². The third-order valence-corrected chi connectivity index (χ3v) is 3.39. The van der Waals surface area contributed by atoms with Gasteiger partial charge >= 0.3 is 0 Å². The van der Waals surface area contributed by atoms with Crippen LogP contribution < -0.4 is 16.8 Å². The van der Waals surface area contributed by atoms with Crippen LogP contribution in [0.25, 0.3) is 5.69 Å². The standard InChI is InChI=1S/C17H21N7/c1-2-10-21-17(20)22-11-6-9-15-14(12-18)16(19)24(23-15)13-7-4-3-5-8-13/h2-5,7-8H,1,6,9-11,19H2,(H3,20,21,22). The molecule has 1 aromatic heterocycles. The van der Waals surface area contributed by atoms with E-state index in [0.717, 1.165) is 12.1 Å². The molecule has 0 spiro atoms. The number of aryl methyl sites for hydroxylation is 1. The first-order valence-corrected chi connectivity index (χ1v) is 7.65. The lowest BCUT2D eigenvalue weighted by Gasteiger charge is -2.02. The van der Waals surface area contributed by atoms with Crippen LogP contribution in [0.3, 0.4) is 0 Å². The fourth-order valence-corrected chi connectivity index (χ4v) is 2.22. The van der Waals surface area contributed by atoms with Crippen LogP contribution in [0.1, 0.15) is 17.7 Å². The second-order valence-electron chi connectivity index (χ2n) is 5.11. The molecule has 0 atom stereocenters. The maximum atomic E-state index is 9.35. The van der Waals surface area contributed by atoms with Crippen LogP contribution in [0.2, 0.25) is 0 Å². The molecule has 7 nitrogen and oxygen atoms in total. The zero-order valence-electron chi connectivity index (χ0n) is 13.4. The van der Waals surface area contributed by atoms with E-state index >= 15 is 0 Å². The summed E-state index contributed by atoms with van der Waals surface area (Å²) in [4.78, 5) is 4.21. The third-order valence-electron chi connectivity index (χ3n) is 3.39. The first kappa shape index (κ1) is 17.1. The van der Waals surface area contributed by atoms with Gasteiger partial charge in [-0.05, 0) is 25.0 Å². The molecule has 7 heteroatoms. The lowest BCUT2D eigenvalue weighted by molar-refractivity contribution is 0.773. The van der Waals surface area contributed by atoms with Crippen molar-refractivity contribution < 1.29 is 0 Å². The average Bonchev–Trinajstić information content (AvgIpc) is 2.93. The van der Waals surface area contributed by atoms with Crippen LogP contribution >= 0.6 is 0 Å². The second kappa shape index (κ2) is 8.39. The summed E-state index contributed by atoms with van der Waals surface area (Å²) in [6, 6.07) is 11.6. The predicted octanol–water partition coefficient (Wildman–Crippen LogP) is 1.35. The Morgan fingerprint density at radius 1 is 1.42 bits per heavy atom. The second-order valence-corrected chi connectivity index (χ2v) is 5.11. The van der Waals surface area contributed by atoms with Gasteiger partial charge in [0.1, 0.15) is 17.5 Å². The number of aliphatic imine (C=N–C) groups is 1. The van der Waals surface area contributed by atoms with Crippen molar-refractivity contribution in [3.05, 3.63) is 54.2 Å². The summed E-state index contributed by atoms with van der Waals surface area (Å²) >= 11 is 0. The van der Waals surface area contributed by atoms with Crippen molar-refractivity contribution in [3.63, 3.8) is 0 Å². The molecule has 0 bridgehead atoms. The molecule has 2 aromatic rings. The number of anilines is 1. The van der Waals surface area contributed by atoms with Crippen molar-refractivity contribution in [3.8, 4) is 11.8 Å². The molecule has 5 N–H and O–H groups in total. The number of para-hydroxylation sites is 1. The third kappa shape index (κ3) is 4.14. The van der Waals surface area contributed by atoms with Gasteiger partial charge in [0.2, 0.25) is 0 Å². The Labute approximate surface area is 141 Å².